The molecule has 0 saturated carbocycles. The summed E-state index contributed by atoms with van der Waals surface area (Å²) in [7, 11) is 0. The number of carbonyl (C=O) groups excluding carboxylic acids is 6. The summed E-state index contributed by atoms with van der Waals surface area (Å²) in [4.78, 5) is 84.6. The number of esters is 6. The van der Waals surface area contributed by atoms with Crippen molar-refractivity contribution in [2.24, 2.45) is 0 Å². The first-order valence-corrected chi connectivity index (χ1v) is 21.9. The predicted octanol–water partition coefficient (Wildman–Crippen LogP) is 8.08. The van der Waals surface area contributed by atoms with Crippen molar-refractivity contribution in [3.05, 3.63) is 129 Å². The fourth-order valence-electron chi connectivity index (χ4n) is 6.28. The maximum Gasteiger partial charge on any atom is 0.330 e. The molecule has 366 valence electrons. The minimum Gasteiger partial charge on any atom is -0.463 e. The second-order valence-corrected chi connectivity index (χ2v) is 15.0. The lowest BCUT2D eigenvalue weighted by Crippen LogP contribution is -2.10. The van der Waals surface area contributed by atoms with Gasteiger partial charge in [-0.15, -0.1) is 0 Å². The largest absolute Gasteiger partial charge is 0.463 e. The highest BCUT2D eigenvalue weighted by Gasteiger charge is 2.21. The quantitative estimate of drug-likeness (QED) is 0.0182. The van der Waals surface area contributed by atoms with Gasteiger partial charge in [-0.2, -0.15) is 15.0 Å². The van der Waals surface area contributed by atoms with Crippen LogP contribution in [0, 0.1) is 0 Å². The van der Waals surface area contributed by atoms with Gasteiger partial charge < -0.3 is 42.0 Å². The highest BCUT2D eigenvalue weighted by Crippen LogP contribution is 2.34. The standard InChI is InChI=1S/C51H42N6O15/c1-4-40(58)64-25-7-10-43(61)67-37-19-13-31(14-20-37)46-52-49(70-55-46)34-28-35(50-53-47(56-71-50)32-15-21-38(22-16-32)68-44(62)11-8-26-65-41(59)5-2)30-36(29-34)51-54-48(57-72-51)33-17-23-39(24-18-33)69-45(63)12-9-27-66-42(60)6-3/h4-6,13-24,28-30H,1-3,7-12,25-27H2. The smallest absolute Gasteiger partial charge is 0.330 e. The summed E-state index contributed by atoms with van der Waals surface area (Å²) < 4.78 is 48.1. The van der Waals surface area contributed by atoms with Gasteiger partial charge in [0.25, 0.3) is 17.7 Å². The number of ether oxygens (including phenoxy) is 6. The maximum atomic E-state index is 12.3. The molecule has 0 unspecified atom stereocenters. The predicted molar refractivity (Wildman–Crippen MR) is 251 cm³/mol. The van der Waals surface area contributed by atoms with Gasteiger partial charge in [-0.05, 0) is 110 Å². The van der Waals surface area contributed by atoms with E-state index in [0.29, 0.717) is 33.4 Å². The molecular formula is C51H42N6O15. The Labute approximate surface area is 409 Å². The molecule has 0 aliphatic heterocycles. The van der Waals surface area contributed by atoms with Crippen LogP contribution in [0.3, 0.4) is 0 Å². The molecule has 21 heteroatoms. The Balaban J connectivity index is 1.08. The summed E-state index contributed by atoms with van der Waals surface area (Å²) >= 11 is 0. The molecule has 7 rings (SSSR count). The first kappa shape index (κ1) is 50.2. The fraction of sp³-hybridized carbons (Fsp3) is 0.176. The van der Waals surface area contributed by atoms with Gasteiger partial charge >= 0.3 is 35.8 Å². The molecule has 0 amide bonds. The van der Waals surface area contributed by atoms with Crippen molar-refractivity contribution in [3.63, 3.8) is 0 Å². The molecule has 0 aliphatic rings. The van der Waals surface area contributed by atoms with E-state index in [0.717, 1.165) is 18.2 Å². The van der Waals surface area contributed by atoms with E-state index in [1.807, 2.05) is 0 Å². The van der Waals surface area contributed by atoms with E-state index in [1.54, 1.807) is 91.0 Å². The van der Waals surface area contributed by atoms with Crippen LogP contribution >= 0.6 is 0 Å². The van der Waals surface area contributed by atoms with Crippen molar-refractivity contribution in [2.75, 3.05) is 19.8 Å². The Morgan fingerprint density at radius 3 is 0.917 bits per heavy atom. The first-order chi connectivity index (χ1) is 35.0. The second-order valence-electron chi connectivity index (χ2n) is 15.0. The van der Waals surface area contributed by atoms with Crippen molar-refractivity contribution in [1.29, 1.82) is 0 Å². The Bertz CT molecular complexity index is 2740. The van der Waals surface area contributed by atoms with E-state index in [4.69, 9.17) is 42.0 Å². The number of hydrogen-bond donors (Lipinski definition) is 0. The molecule has 4 aromatic carbocycles. The van der Waals surface area contributed by atoms with Crippen LogP contribution in [0.15, 0.2) is 143 Å². The minimum absolute atomic E-state index is 0.0250. The molecule has 0 N–H and O–H groups in total. The molecule has 0 spiro atoms. The van der Waals surface area contributed by atoms with Crippen LogP contribution in [0.4, 0.5) is 0 Å². The normalized spacial score (nSPS) is 10.7. The number of nitrogens with zero attached hydrogens (tertiary/aromatic N) is 6. The van der Waals surface area contributed by atoms with Gasteiger partial charge in [0.15, 0.2) is 0 Å². The zero-order valence-electron chi connectivity index (χ0n) is 38.2. The third-order valence-electron chi connectivity index (χ3n) is 9.79. The van der Waals surface area contributed by atoms with Gasteiger partial charge in [0.2, 0.25) is 17.5 Å². The maximum absolute atomic E-state index is 12.3. The van der Waals surface area contributed by atoms with Crippen LogP contribution < -0.4 is 14.2 Å². The summed E-state index contributed by atoms with van der Waals surface area (Å²) in [5, 5.41) is 12.5. The van der Waals surface area contributed by atoms with E-state index in [1.165, 1.54) is 0 Å². The Hall–Kier alpha value is -9.66. The van der Waals surface area contributed by atoms with Gasteiger partial charge in [-0.1, -0.05) is 35.2 Å². The Morgan fingerprint density at radius 1 is 0.403 bits per heavy atom. The SMILES string of the molecule is C=CC(=O)OCCCC(=O)Oc1ccc(-c2noc(-c3cc(-c4nc(-c5ccc(OC(=O)CCCOC(=O)C=C)cc5)no4)cc(-c4nc(-c5ccc(OC(=O)CCCOC(=O)C=C)cc5)no4)c3)n2)cc1. The fourth-order valence-corrected chi connectivity index (χ4v) is 6.28. The van der Waals surface area contributed by atoms with Crippen molar-refractivity contribution in [1.82, 2.24) is 30.4 Å². The van der Waals surface area contributed by atoms with Crippen LogP contribution in [-0.4, -0.2) is 86.1 Å². The van der Waals surface area contributed by atoms with E-state index >= 15 is 0 Å². The lowest BCUT2D eigenvalue weighted by Gasteiger charge is -2.05. The molecule has 0 radical (unpaired) electrons. The third kappa shape index (κ3) is 14.2. The van der Waals surface area contributed by atoms with E-state index in [9.17, 15) is 28.8 Å². The lowest BCUT2D eigenvalue weighted by molar-refractivity contribution is -0.140. The number of benzene rings is 4. The summed E-state index contributed by atoms with van der Waals surface area (Å²) in [5.74, 6) is -1.53. The summed E-state index contributed by atoms with van der Waals surface area (Å²) in [6.45, 7) is 10.1. The molecule has 72 heavy (non-hydrogen) atoms. The summed E-state index contributed by atoms with van der Waals surface area (Å²) in [6.07, 6.45) is 4.02. The van der Waals surface area contributed by atoms with Crippen LogP contribution in [-0.2, 0) is 43.0 Å². The van der Waals surface area contributed by atoms with Crippen LogP contribution in [0.2, 0.25) is 0 Å². The van der Waals surface area contributed by atoms with Gasteiger partial charge in [0, 0.05) is 70.9 Å². The second kappa shape index (κ2) is 24.6. The summed E-state index contributed by atoms with van der Waals surface area (Å²) in [6, 6.07) is 24.4. The zero-order chi connectivity index (χ0) is 50.8. The first-order valence-electron chi connectivity index (χ1n) is 21.9. The average molecular weight is 979 g/mol. The van der Waals surface area contributed by atoms with E-state index in [-0.39, 0.29) is 111 Å². The average Bonchev–Trinajstić information content (AvgIpc) is 4.22. The van der Waals surface area contributed by atoms with Gasteiger partial charge in [0.1, 0.15) is 17.2 Å². The number of rotatable bonds is 24. The Kier molecular flexibility index (Phi) is 17.1. The highest BCUT2D eigenvalue weighted by molar-refractivity contribution is 5.82. The van der Waals surface area contributed by atoms with E-state index < -0.39 is 35.8 Å². The Morgan fingerprint density at radius 2 is 0.667 bits per heavy atom. The molecule has 7 aromatic rings. The molecular weight excluding hydrogens is 937 g/mol. The van der Waals surface area contributed by atoms with Crippen molar-refractivity contribution >= 4 is 35.8 Å². The summed E-state index contributed by atoms with van der Waals surface area (Å²) in [5.41, 5.74) is 2.83. The van der Waals surface area contributed by atoms with Crippen LogP contribution in [0.1, 0.15) is 38.5 Å². The highest BCUT2D eigenvalue weighted by atomic mass is 16.6. The number of aromatic nitrogens is 6. The molecule has 0 saturated heterocycles. The van der Waals surface area contributed by atoms with Gasteiger partial charge in [-0.3, -0.25) is 14.4 Å². The third-order valence-corrected chi connectivity index (χ3v) is 9.79. The minimum atomic E-state index is -0.577. The number of carbonyl (C=O) groups is 6. The van der Waals surface area contributed by atoms with Crippen LogP contribution in [0.25, 0.3) is 68.5 Å². The van der Waals surface area contributed by atoms with Gasteiger partial charge in [-0.25, -0.2) is 14.4 Å². The topological polar surface area (TPSA) is 275 Å². The molecule has 0 bridgehead atoms. The van der Waals surface area contributed by atoms with Crippen molar-refractivity contribution < 1.29 is 70.8 Å². The number of hydrogen-bond acceptors (Lipinski definition) is 21. The molecule has 0 fully saturated rings. The molecule has 21 nitrogen and oxygen atoms in total. The lowest BCUT2D eigenvalue weighted by atomic mass is 10.0. The monoisotopic (exact) mass is 978 g/mol. The van der Waals surface area contributed by atoms with Crippen molar-refractivity contribution in [3.8, 4) is 85.8 Å². The molecule has 0 atom stereocenters. The van der Waals surface area contributed by atoms with Crippen LogP contribution in [0.5, 0.6) is 17.2 Å². The molecule has 0 aliphatic carbocycles. The van der Waals surface area contributed by atoms with Crippen molar-refractivity contribution in [2.45, 2.75) is 38.5 Å². The molecule has 3 aromatic heterocycles. The molecule has 3 heterocycles. The zero-order valence-corrected chi connectivity index (χ0v) is 38.2. The van der Waals surface area contributed by atoms with Gasteiger partial charge in [0.05, 0.1) is 19.8 Å². The van der Waals surface area contributed by atoms with E-state index in [2.05, 4.69) is 50.2 Å².